The van der Waals surface area contributed by atoms with E-state index in [4.69, 9.17) is 0 Å². The van der Waals surface area contributed by atoms with Gasteiger partial charge in [-0.2, -0.15) is 0 Å². The van der Waals surface area contributed by atoms with Crippen LogP contribution in [0, 0.1) is 6.92 Å². The van der Waals surface area contributed by atoms with Crippen molar-refractivity contribution in [3.8, 4) is 22.0 Å². The zero-order valence-corrected chi connectivity index (χ0v) is 12.7. The fourth-order valence-corrected chi connectivity index (χ4v) is 3.16. The minimum absolute atomic E-state index is 0.966. The lowest BCUT2D eigenvalue weighted by Crippen LogP contribution is -1.86. The first-order valence-corrected chi connectivity index (χ1v) is 7.55. The summed E-state index contributed by atoms with van der Waals surface area (Å²) in [6.07, 6.45) is 1.81. The number of thiazole rings is 1. The molecule has 0 aliphatic carbocycles. The van der Waals surface area contributed by atoms with Crippen LogP contribution in [0.5, 0.6) is 0 Å². The Balaban J connectivity index is 2.03. The first-order chi connectivity index (χ1) is 9.24. The van der Waals surface area contributed by atoms with Gasteiger partial charge >= 0.3 is 0 Å². The van der Waals surface area contributed by atoms with E-state index in [1.54, 1.807) is 11.3 Å². The zero-order chi connectivity index (χ0) is 13.2. The number of nitrogens with zero attached hydrogens (tertiary/aromatic N) is 2. The van der Waals surface area contributed by atoms with Crippen molar-refractivity contribution in [2.45, 2.75) is 6.92 Å². The minimum atomic E-state index is 0.966. The molecule has 0 bridgehead atoms. The van der Waals surface area contributed by atoms with E-state index in [1.165, 1.54) is 0 Å². The number of aryl methyl sites for hydroxylation is 1. The lowest BCUT2D eigenvalue weighted by Gasteiger charge is -2.00. The van der Waals surface area contributed by atoms with Gasteiger partial charge in [-0.3, -0.25) is 4.98 Å². The Bertz CT molecular complexity index is 721. The number of halogens is 1. The monoisotopic (exact) mass is 330 g/mol. The Hall–Kier alpha value is -1.52. The van der Waals surface area contributed by atoms with Gasteiger partial charge in [-0.05, 0) is 30.7 Å². The highest BCUT2D eigenvalue weighted by atomic mass is 79.9. The molecule has 3 rings (SSSR count). The van der Waals surface area contributed by atoms with Crippen LogP contribution in [0.4, 0.5) is 0 Å². The van der Waals surface area contributed by atoms with E-state index in [2.05, 4.69) is 56.4 Å². The highest BCUT2D eigenvalue weighted by molar-refractivity contribution is 9.10. The van der Waals surface area contributed by atoms with Gasteiger partial charge in [-0.1, -0.05) is 34.1 Å². The summed E-state index contributed by atoms with van der Waals surface area (Å²) in [5.74, 6) is 0. The van der Waals surface area contributed by atoms with Crippen molar-refractivity contribution in [2.24, 2.45) is 0 Å². The van der Waals surface area contributed by atoms with Crippen molar-refractivity contribution in [1.29, 1.82) is 0 Å². The maximum atomic E-state index is 4.69. The van der Waals surface area contributed by atoms with Gasteiger partial charge in [-0.25, -0.2) is 4.98 Å². The predicted molar refractivity (Wildman–Crippen MR) is 83.2 cm³/mol. The summed E-state index contributed by atoms with van der Waals surface area (Å²) in [4.78, 5) is 9.10. The number of rotatable bonds is 2. The second-order valence-corrected chi connectivity index (χ2v) is 5.99. The second-order valence-electron chi connectivity index (χ2n) is 4.22. The first-order valence-electron chi connectivity index (χ1n) is 5.87. The molecule has 0 saturated carbocycles. The fraction of sp³-hybridized carbons (Fsp3) is 0.0667. The fourth-order valence-electron chi connectivity index (χ4n) is 1.87. The van der Waals surface area contributed by atoms with Gasteiger partial charge in [0, 0.05) is 21.6 Å². The summed E-state index contributed by atoms with van der Waals surface area (Å²) in [6.45, 7) is 2.06. The highest BCUT2D eigenvalue weighted by Gasteiger charge is 2.09. The van der Waals surface area contributed by atoms with Crippen LogP contribution in [0.2, 0.25) is 0 Å². The Morgan fingerprint density at radius 2 is 2.05 bits per heavy atom. The van der Waals surface area contributed by atoms with Crippen molar-refractivity contribution < 1.29 is 0 Å². The predicted octanol–water partition coefficient (Wildman–Crippen LogP) is 4.94. The molecule has 0 amide bonds. The van der Waals surface area contributed by atoms with E-state index in [1.807, 2.05) is 24.4 Å². The molecule has 2 aromatic heterocycles. The molecule has 0 radical (unpaired) electrons. The molecule has 1 aromatic carbocycles. The zero-order valence-electron chi connectivity index (χ0n) is 10.3. The van der Waals surface area contributed by atoms with Gasteiger partial charge in [0.1, 0.15) is 10.7 Å². The lowest BCUT2D eigenvalue weighted by atomic mass is 10.2. The molecule has 19 heavy (non-hydrogen) atoms. The van der Waals surface area contributed by atoms with E-state index in [0.29, 0.717) is 0 Å². The third-order valence-corrected chi connectivity index (χ3v) is 4.18. The number of benzene rings is 1. The third kappa shape index (κ3) is 2.60. The molecule has 0 aliphatic heterocycles. The van der Waals surface area contributed by atoms with Gasteiger partial charge in [-0.15, -0.1) is 11.3 Å². The maximum Gasteiger partial charge on any atom is 0.142 e. The van der Waals surface area contributed by atoms with Crippen LogP contribution >= 0.6 is 27.3 Å². The number of aromatic nitrogens is 2. The molecule has 0 saturated heterocycles. The third-order valence-electron chi connectivity index (χ3n) is 2.84. The molecule has 0 atom stereocenters. The molecule has 2 heterocycles. The summed E-state index contributed by atoms with van der Waals surface area (Å²) in [5.41, 5.74) is 4.23. The van der Waals surface area contributed by atoms with Crippen molar-refractivity contribution in [3.63, 3.8) is 0 Å². The van der Waals surface area contributed by atoms with Crippen LogP contribution in [0.15, 0.2) is 52.4 Å². The molecule has 0 aliphatic rings. The molecule has 4 heteroatoms. The van der Waals surface area contributed by atoms with Crippen molar-refractivity contribution in [3.05, 3.63) is 58.0 Å². The molecule has 0 fully saturated rings. The van der Waals surface area contributed by atoms with Gasteiger partial charge in [0.2, 0.25) is 0 Å². The summed E-state index contributed by atoms with van der Waals surface area (Å²) >= 11 is 5.11. The summed E-state index contributed by atoms with van der Waals surface area (Å²) in [6, 6.07) is 12.2. The molecule has 0 N–H and O–H groups in total. The Morgan fingerprint density at radius 1 is 1.16 bits per heavy atom. The summed E-state index contributed by atoms with van der Waals surface area (Å²) in [5, 5.41) is 3.04. The van der Waals surface area contributed by atoms with E-state index < -0.39 is 0 Å². The SMILES string of the molecule is Cc1cccnc1-c1nc(-c2cccc(Br)c2)cs1. The van der Waals surface area contributed by atoms with Crippen LogP contribution in [0.25, 0.3) is 22.0 Å². The summed E-state index contributed by atoms with van der Waals surface area (Å²) in [7, 11) is 0. The molecule has 94 valence electrons. The molecular weight excluding hydrogens is 320 g/mol. The average Bonchev–Trinajstić information content (AvgIpc) is 2.89. The van der Waals surface area contributed by atoms with E-state index in [0.717, 1.165) is 32.0 Å². The molecule has 3 aromatic rings. The minimum Gasteiger partial charge on any atom is -0.253 e. The van der Waals surface area contributed by atoms with Crippen LogP contribution < -0.4 is 0 Å². The maximum absolute atomic E-state index is 4.69. The number of hydrogen-bond donors (Lipinski definition) is 0. The average molecular weight is 331 g/mol. The Morgan fingerprint density at radius 3 is 2.84 bits per heavy atom. The largest absolute Gasteiger partial charge is 0.253 e. The van der Waals surface area contributed by atoms with Crippen LogP contribution in [-0.4, -0.2) is 9.97 Å². The smallest absolute Gasteiger partial charge is 0.142 e. The molecular formula is C15H11BrN2S. The van der Waals surface area contributed by atoms with E-state index >= 15 is 0 Å². The number of hydrogen-bond acceptors (Lipinski definition) is 3. The number of pyridine rings is 1. The Labute approximate surface area is 124 Å². The molecule has 0 spiro atoms. The highest BCUT2D eigenvalue weighted by Crippen LogP contribution is 2.30. The topological polar surface area (TPSA) is 25.8 Å². The first kappa shape index (κ1) is 12.5. The van der Waals surface area contributed by atoms with Crippen molar-refractivity contribution >= 4 is 27.3 Å². The van der Waals surface area contributed by atoms with Gasteiger partial charge < -0.3 is 0 Å². The van der Waals surface area contributed by atoms with Gasteiger partial charge in [0.05, 0.1) is 5.69 Å². The van der Waals surface area contributed by atoms with Crippen molar-refractivity contribution in [1.82, 2.24) is 9.97 Å². The quantitative estimate of drug-likeness (QED) is 0.664. The van der Waals surface area contributed by atoms with E-state index in [9.17, 15) is 0 Å². The summed E-state index contributed by atoms with van der Waals surface area (Å²) < 4.78 is 1.06. The van der Waals surface area contributed by atoms with E-state index in [-0.39, 0.29) is 0 Å². The molecule has 0 unspecified atom stereocenters. The van der Waals surface area contributed by atoms with Crippen LogP contribution in [-0.2, 0) is 0 Å². The Kier molecular flexibility index (Phi) is 3.44. The van der Waals surface area contributed by atoms with Gasteiger partial charge in [0.25, 0.3) is 0 Å². The van der Waals surface area contributed by atoms with Crippen LogP contribution in [0.3, 0.4) is 0 Å². The van der Waals surface area contributed by atoms with Gasteiger partial charge in [0.15, 0.2) is 0 Å². The second kappa shape index (κ2) is 5.23. The molecule has 2 nitrogen and oxygen atoms in total. The normalized spacial score (nSPS) is 10.6. The van der Waals surface area contributed by atoms with Crippen LogP contribution in [0.1, 0.15) is 5.56 Å². The van der Waals surface area contributed by atoms with Crippen molar-refractivity contribution in [2.75, 3.05) is 0 Å². The standard InChI is InChI=1S/C15H11BrN2S/c1-10-4-3-7-17-14(10)15-18-13(9-19-15)11-5-2-6-12(16)8-11/h2-9H,1H3. The lowest BCUT2D eigenvalue weighted by molar-refractivity contribution is 1.25.